The van der Waals surface area contributed by atoms with Gasteiger partial charge in [-0.05, 0) is 24.5 Å². The van der Waals surface area contributed by atoms with Gasteiger partial charge in [-0.3, -0.25) is 0 Å². The molecule has 4 heteroatoms. The summed E-state index contributed by atoms with van der Waals surface area (Å²) in [7, 11) is 1.66. The molecule has 0 aliphatic carbocycles. The van der Waals surface area contributed by atoms with Crippen LogP contribution >= 0.6 is 11.6 Å². The summed E-state index contributed by atoms with van der Waals surface area (Å²) in [6, 6.07) is 7.39. The van der Waals surface area contributed by atoms with Gasteiger partial charge in [-0.1, -0.05) is 30.7 Å². The van der Waals surface area contributed by atoms with Crippen LogP contribution < -0.4 is 0 Å². The number of ether oxygens (including phenoxy) is 1. The molecule has 0 aliphatic rings. The van der Waals surface area contributed by atoms with Crippen molar-refractivity contribution in [1.82, 2.24) is 0 Å². The van der Waals surface area contributed by atoms with E-state index in [9.17, 15) is 5.11 Å². The molecule has 0 spiro atoms. The predicted molar refractivity (Wildman–Crippen MR) is 71.8 cm³/mol. The fraction of sp³-hybridized carbons (Fsp3) is 0.429. The number of para-hydroxylation sites is 1. The summed E-state index contributed by atoms with van der Waals surface area (Å²) in [6.45, 7) is 2.65. The number of hydrogen-bond acceptors (Lipinski definition) is 3. The number of benzene rings is 1. The van der Waals surface area contributed by atoms with Crippen LogP contribution in [-0.2, 0) is 4.74 Å². The first-order valence-corrected chi connectivity index (χ1v) is 6.34. The molecule has 18 heavy (non-hydrogen) atoms. The summed E-state index contributed by atoms with van der Waals surface area (Å²) in [4.78, 5) is 0. The molecule has 2 rings (SSSR count). The zero-order chi connectivity index (χ0) is 13.1. The number of rotatable bonds is 5. The maximum absolute atomic E-state index is 10.1. The number of furan rings is 1. The fourth-order valence-electron chi connectivity index (χ4n) is 2.06. The van der Waals surface area contributed by atoms with E-state index in [0.717, 1.165) is 5.39 Å². The third kappa shape index (κ3) is 2.86. The van der Waals surface area contributed by atoms with Crippen molar-refractivity contribution in [2.75, 3.05) is 13.7 Å². The van der Waals surface area contributed by atoms with Crippen molar-refractivity contribution in [2.45, 2.75) is 19.4 Å². The lowest BCUT2D eigenvalue weighted by Gasteiger charge is -2.13. The molecular weight excluding hydrogens is 252 g/mol. The zero-order valence-electron chi connectivity index (χ0n) is 10.5. The largest absolute Gasteiger partial charge is 0.457 e. The average molecular weight is 269 g/mol. The van der Waals surface area contributed by atoms with E-state index in [1.807, 2.05) is 25.1 Å². The van der Waals surface area contributed by atoms with Crippen LogP contribution in [-0.4, -0.2) is 18.8 Å². The van der Waals surface area contributed by atoms with E-state index in [0.29, 0.717) is 29.4 Å². The van der Waals surface area contributed by atoms with E-state index < -0.39 is 6.10 Å². The number of methoxy groups -OCH3 is 1. The molecule has 3 nitrogen and oxygen atoms in total. The summed E-state index contributed by atoms with van der Waals surface area (Å²) >= 11 is 6.04. The molecule has 1 N–H and O–H groups in total. The minimum absolute atomic E-state index is 0.272. The maximum Gasteiger partial charge on any atom is 0.152 e. The summed E-state index contributed by atoms with van der Waals surface area (Å²) < 4.78 is 10.7. The Balaban J connectivity index is 2.18. The van der Waals surface area contributed by atoms with E-state index in [2.05, 4.69) is 0 Å². The SMILES string of the molecule is COCC(C)CC(O)c1cc2cccc(Cl)c2o1. The van der Waals surface area contributed by atoms with Gasteiger partial charge in [-0.25, -0.2) is 0 Å². The van der Waals surface area contributed by atoms with Gasteiger partial charge in [0.15, 0.2) is 5.58 Å². The number of aliphatic hydroxyl groups excluding tert-OH is 1. The topological polar surface area (TPSA) is 42.6 Å². The molecule has 2 atom stereocenters. The van der Waals surface area contributed by atoms with Crippen LogP contribution in [0.1, 0.15) is 25.2 Å². The zero-order valence-corrected chi connectivity index (χ0v) is 11.3. The standard InChI is InChI=1S/C14H17ClO3/c1-9(8-17-2)6-12(16)13-7-10-4-3-5-11(15)14(10)18-13/h3-5,7,9,12,16H,6,8H2,1-2H3. The molecule has 0 saturated heterocycles. The van der Waals surface area contributed by atoms with Gasteiger partial charge in [0.05, 0.1) is 5.02 Å². The second kappa shape index (κ2) is 5.74. The highest BCUT2D eigenvalue weighted by atomic mass is 35.5. The highest BCUT2D eigenvalue weighted by molar-refractivity contribution is 6.34. The Labute approximate surface area is 111 Å². The van der Waals surface area contributed by atoms with Crippen LogP contribution in [0.25, 0.3) is 11.0 Å². The molecule has 0 amide bonds. The lowest BCUT2D eigenvalue weighted by Crippen LogP contribution is -2.08. The summed E-state index contributed by atoms with van der Waals surface area (Å²) in [5.41, 5.74) is 0.632. The Kier molecular flexibility index (Phi) is 4.27. The van der Waals surface area contributed by atoms with Crippen molar-refractivity contribution in [3.63, 3.8) is 0 Å². The molecule has 0 aliphatic heterocycles. The Morgan fingerprint density at radius 3 is 2.89 bits per heavy atom. The lowest BCUT2D eigenvalue weighted by atomic mass is 10.0. The van der Waals surface area contributed by atoms with E-state index in [1.54, 1.807) is 13.2 Å². The van der Waals surface area contributed by atoms with Crippen LogP contribution in [0.15, 0.2) is 28.7 Å². The highest BCUT2D eigenvalue weighted by Gasteiger charge is 2.17. The summed E-state index contributed by atoms with van der Waals surface area (Å²) in [6.07, 6.45) is -0.0238. The van der Waals surface area contributed by atoms with Crippen molar-refractivity contribution in [2.24, 2.45) is 5.92 Å². The molecule has 2 unspecified atom stereocenters. The van der Waals surface area contributed by atoms with Gasteiger partial charge in [-0.15, -0.1) is 0 Å². The third-order valence-electron chi connectivity index (χ3n) is 2.92. The molecular formula is C14H17ClO3. The second-order valence-electron chi connectivity index (χ2n) is 4.62. The first kappa shape index (κ1) is 13.4. The van der Waals surface area contributed by atoms with Crippen LogP contribution in [0.5, 0.6) is 0 Å². The Bertz CT molecular complexity index is 521. The molecule has 0 radical (unpaired) electrons. The molecule has 1 heterocycles. The second-order valence-corrected chi connectivity index (χ2v) is 5.03. The van der Waals surface area contributed by atoms with E-state index in [1.165, 1.54) is 0 Å². The van der Waals surface area contributed by atoms with Gasteiger partial charge in [0.1, 0.15) is 11.9 Å². The lowest BCUT2D eigenvalue weighted by molar-refractivity contribution is 0.0896. The molecule has 1 aromatic heterocycles. The molecule has 1 aromatic carbocycles. The highest BCUT2D eigenvalue weighted by Crippen LogP contribution is 2.31. The number of hydrogen-bond donors (Lipinski definition) is 1. The number of halogens is 1. The van der Waals surface area contributed by atoms with Crippen molar-refractivity contribution in [3.05, 3.63) is 35.0 Å². The smallest absolute Gasteiger partial charge is 0.152 e. The van der Waals surface area contributed by atoms with Crippen molar-refractivity contribution in [1.29, 1.82) is 0 Å². The monoisotopic (exact) mass is 268 g/mol. The van der Waals surface area contributed by atoms with Crippen LogP contribution in [0, 0.1) is 5.92 Å². The van der Waals surface area contributed by atoms with Crippen LogP contribution in [0.2, 0.25) is 5.02 Å². The fourth-order valence-corrected chi connectivity index (χ4v) is 2.28. The summed E-state index contributed by atoms with van der Waals surface area (Å²) in [5.74, 6) is 0.828. The average Bonchev–Trinajstić information content (AvgIpc) is 2.74. The van der Waals surface area contributed by atoms with Gasteiger partial charge < -0.3 is 14.3 Å². The maximum atomic E-state index is 10.1. The predicted octanol–water partition coefficient (Wildman–Crippen LogP) is 3.79. The van der Waals surface area contributed by atoms with Gasteiger partial charge in [0.2, 0.25) is 0 Å². The minimum Gasteiger partial charge on any atom is -0.457 e. The molecule has 2 aromatic rings. The van der Waals surface area contributed by atoms with Gasteiger partial charge >= 0.3 is 0 Å². The molecule has 98 valence electrons. The first-order chi connectivity index (χ1) is 8.61. The minimum atomic E-state index is -0.626. The van der Waals surface area contributed by atoms with Crippen LogP contribution in [0.3, 0.4) is 0 Å². The van der Waals surface area contributed by atoms with Gasteiger partial charge in [-0.2, -0.15) is 0 Å². The van der Waals surface area contributed by atoms with E-state index in [-0.39, 0.29) is 5.92 Å². The molecule has 0 bridgehead atoms. The van der Waals surface area contributed by atoms with Crippen molar-refractivity contribution >= 4 is 22.6 Å². The van der Waals surface area contributed by atoms with E-state index in [4.69, 9.17) is 20.8 Å². The Morgan fingerprint density at radius 1 is 1.44 bits per heavy atom. The van der Waals surface area contributed by atoms with Crippen molar-refractivity contribution < 1.29 is 14.3 Å². The van der Waals surface area contributed by atoms with E-state index >= 15 is 0 Å². The first-order valence-electron chi connectivity index (χ1n) is 5.96. The third-order valence-corrected chi connectivity index (χ3v) is 3.22. The van der Waals surface area contributed by atoms with Gasteiger partial charge in [0, 0.05) is 19.1 Å². The molecule has 0 saturated carbocycles. The Hall–Kier alpha value is -1.03. The summed E-state index contributed by atoms with van der Waals surface area (Å²) in [5, 5.41) is 11.6. The number of aliphatic hydroxyl groups is 1. The molecule has 0 fully saturated rings. The number of fused-ring (bicyclic) bond motifs is 1. The van der Waals surface area contributed by atoms with Crippen LogP contribution in [0.4, 0.5) is 0 Å². The van der Waals surface area contributed by atoms with Crippen molar-refractivity contribution in [3.8, 4) is 0 Å². The normalized spacial score (nSPS) is 14.9. The van der Waals surface area contributed by atoms with Gasteiger partial charge in [0.25, 0.3) is 0 Å². The quantitative estimate of drug-likeness (QED) is 0.897. The Morgan fingerprint density at radius 2 is 2.22 bits per heavy atom.